The van der Waals surface area contributed by atoms with Crippen LogP contribution in [0.3, 0.4) is 0 Å². The van der Waals surface area contributed by atoms with E-state index in [2.05, 4.69) is 19.1 Å². The van der Waals surface area contributed by atoms with Crippen LogP contribution in [0.2, 0.25) is 0 Å². The molecule has 5 heteroatoms. The first kappa shape index (κ1) is 20.3. The van der Waals surface area contributed by atoms with Gasteiger partial charge in [0.15, 0.2) is 9.84 Å². The summed E-state index contributed by atoms with van der Waals surface area (Å²) in [7, 11) is -3.07. The van der Waals surface area contributed by atoms with Crippen LogP contribution in [0, 0.1) is 6.92 Å². The van der Waals surface area contributed by atoms with Gasteiger partial charge in [0.25, 0.3) is 0 Å². The molecule has 1 heterocycles. The van der Waals surface area contributed by atoms with Crippen molar-refractivity contribution in [1.29, 1.82) is 0 Å². The fraction of sp³-hybridized carbons (Fsp3) is 0.348. The molecule has 0 aromatic heterocycles. The Kier molecular flexibility index (Phi) is 6.35. The molecule has 4 nitrogen and oxygen atoms in total. The minimum atomic E-state index is -3.07. The van der Waals surface area contributed by atoms with E-state index in [1.54, 1.807) is 17.1 Å². The number of sulfone groups is 1. The Morgan fingerprint density at radius 2 is 1.71 bits per heavy atom. The van der Waals surface area contributed by atoms with Crippen LogP contribution in [-0.2, 0) is 27.6 Å². The molecule has 2 aromatic carbocycles. The first-order chi connectivity index (χ1) is 13.4. The second-order valence-electron chi connectivity index (χ2n) is 7.44. The molecule has 1 fully saturated rings. The third kappa shape index (κ3) is 5.32. The van der Waals surface area contributed by atoms with Gasteiger partial charge < -0.3 is 4.90 Å². The summed E-state index contributed by atoms with van der Waals surface area (Å²) in [5.41, 5.74) is 4.37. The van der Waals surface area contributed by atoms with E-state index in [0.29, 0.717) is 13.0 Å². The Hall–Kier alpha value is -2.40. The molecule has 3 rings (SSSR count). The molecule has 1 amide bonds. The van der Waals surface area contributed by atoms with Gasteiger partial charge in [0, 0.05) is 18.7 Å². The van der Waals surface area contributed by atoms with Crippen molar-refractivity contribution >= 4 is 21.8 Å². The van der Waals surface area contributed by atoms with Crippen molar-refractivity contribution in [3.05, 3.63) is 76.9 Å². The summed E-state index contributed by atoms with van der Waals surface area (Å²) in [4.78, 5) is 14.7. The van der Waals surface area contributed by atoms with E-state index in [1.165, 1.54) is 5.56 Å². The van der Waals surface area contributed by atoms with Crippen molar-refractivity contribution in [2.24, 2.45) is 0 Å². The van der Waals surface area contributed by atoms with Gasteiger partial charge in [-0.3, -0.25) is 4.79 Å². The maximum atomic E-state index is 13.0. The number of nitrogens with zero attached hydrogens (tertiary/aromatic N) is 1. The van der Waals surface area contributed by atoms with Crippen molar-refractivity contribution in [2.45, 2.75) is 39.3 Å². The highest BCUT2D eigenvalue weighted by molar-refractivity contribution is 7.91. The van der Waals surface area contributed by atoms with E-state index in [0.717, 1.165) is 23.1 Å². The number of rotatable bonds is 6. The predicted molar refractivity (Wildman–Crippen MR) is 114 cm³/mol. The van der Waals surface area contributed by atoms with Gasteiger partial charge in [-0.25, -0.2) is 8.42 Å². The summed E-state index contributed by atoms with van der Waals surface area (Å²) in [6.45, 7) is 4.54. The molecule has 0 saturated carbocycles. The molecule has 1 aliphatic rings. The molecular weight excluding hydrogens is 370 g/mol. The molecule has 0 bridgehead atoms. The number of carbonyl (C=O) groups excluding carboxylic acids is 1. The minimum Gasteiger partial charge on any atom is -0.331 e. The molecule has 0 N–H and O–H groups in total. The van der Waals surface area contributed by atoms with Crippen LogP contribution >= 0.6 is 0 Å². The van der Waals surface area contributed by atoms with Crippen molar-refractivity contribution < 1.29 is 13.2 Å². The summed E-state index contributed by atoms with van der Waals surface area (Å²) in [5.74, 6) is 0.0458. The molecule has 28 heavy (non-hydrogen) atoms. The molecule has 0 unspecified atom stereocenters. The molecule has 1 atom stereocenters. The average Bonchev–Trinajstić information content (AvgIpc) is 3.05. The second-order valence-corrected chi connectivity index (χ2v) is 9.67. The summed E-state index contributed by atoms with van der Waals surface area (Å²) < 4.78 is 23.9. The summed E-state index contributed by atoms with van der Waals surface area (Å²) in [5, 5.41) is 0. The van der Waals surface area contributed by atoms with Gasteiger partial charge in [0.2, 0.25) is 5.91 Å². The smallest absolute Gasteiger partial charge is 0.247 e. The number of hydrogen-bond donors (Lipinski definition) is 0. The van der Waals surface area contributed by atoms with Crippen LogP contribution in [0.25, 0.3) is 6.08 Å². The molecule has 148 valence electrons. The summed E-state index contributed by atoms with van der Waals surface area (Å²) >= 11 is 0. The average molecular weight is 398 g/mol. The highest BCUT2D eigenvalue weighted by Gasteiger charge is 2.34. The van der Waals surface area contributed by atoms with E-state index in [-0.39, 0.29) is 23.5 Å². The third-order valence-corrected chi connectivity index (χ3v) is 6.96. The SMILES string of the molecule is CCc1ccc(CN(C(=O)/C=C/c2ccc(C)cc2)[C@@H]2CCS(=O)(=O)C2)cc1. The minimum absolute atomic E-state index is 0.0458. The maximum Gasteiger partial charge on any atom is 0.247 e. The zero-order valence-corrected chi connectivity index (χ0v) is 17.3. The standard InChI is InChI=1S/C23H27NO3S/c1-3-19-8-10-21(11-9-19)16-24(22-14-15-28(26,27)17-22)23(25)13-12-20-6-4-18(2)5-7-20/h4-13,22H,3,14-17H2,1-2H3/b13-12+/t22-/m1/s1. The predicted octanol–water partition coefficient (Wildman–Crippen LogP) is 3.79. The van der Waals surface area contributed by atoms with Crippen LogP contribution < -0.4 is 0 Å². The zero-order chi connectivity index (χ0) is 20.1. The highest BCUT2D eigenvalue weighted by Crippen LogP contribution is 2.21. The first-order valence-corrected chi connectivity index (χ1v) is 11.5. The Labute approximate surface area is 167 Å². The van der Waals surface area contributed by atoms with Crippen molar-refractivity contribution in [3.8, 4) is 0 Å². The molecule has 0 aliphatic carbocycles. The largest absolute Gasteiger partial charge is 0.331 e. The molecule has 1 aliphatic heterocycles. The van der Waals surface area contributed by atoms with Crippen LogP contribution in [0.4, 0.5) is 0 Å². The van der Waals surface area contributed by atoms with Crippen LogP contribution in [0.1, 0.15) is 35.6 Å². The van der Waals surface area contributed by atoms with Gasteiger partial charge in [-0.1, -0.05) is 61.0 Å². The Bertz CT molecular complexity index is 944. The second kappa shape index (κ2) is 8.74. The summed E-state index contributed by atoms with van der Waals surface area (Å²) in [6, 6.07) is 15.8. The van der Waals surface area contributed by atoms with Crippen LogP contribution in [0.15, 0.2) is 54.6 Å². The fourth-order valence-corrected chi connectivity index (χ4v) is 5.16. The van der Waals surface area contributed by atoms with Crippen molar-refractivity contribution in [3.63, 3.8) is 0 Å². The molecule has 0 spiro atoms. The Balaban J connectivity index is 1.80. The molecule has 2 aromatic rings. The van der Waals surface area contributed by atoms with Gasteiger partial charge in [-0.05, 0) is 42.5 Å². The fourth-order valence-electron chi connectivity index (χ4n) is 3.43. The number of carbonyl (C=O) groups is 1. The van der Waals surface area contributed by atoms with Gasteiger partial charge >= 0.3 is 0 Å². The van der Waals surface area contributed by atoms with Crippen molar-refractivity contribution in [2.75, 3.05) is 11.5 Å². The zero-order valence-electron chi connectivity index (χ0n) is 16.5. The van der Waals surface area contributed by atoms with E-state index >= 15 is 0 Å². The quantitative estimate of drug-likeness (QED) is 0.697. The van der Waals surface area contributed by atoms with Crippen LogP contribution in [0.5, 0.6) is 0 Å². The number of hydrogen-bond acceptors (Lipinski definition) is 3. The number of amides is 1. The van der Waals surface area contributed by atoms with Crippen molar-refractivity contribution in [1.82, 2.24) is 4.90 Å². The molecule has 1 saturated heterocycles. The lowest BCUT2D eigenvalue weighted by molar-refractivity contribution is -0.128. The topological polar surface area (TPSA) is 54.5 Å². The highest BCUT2D eigenvalue weighted by atomic mass is 32.2. The van der Waals surface area contributed by atoms with E-state index < -0.39 is 9.84 Å². The lowest BCUT2D eigenvalue weighted by atomic mass is 10.1. The van der Waals surface area contributed by atoms with E-state index in [9.17, 15) is 13.2 Å². The van der Waals surface area contributed by atoms with Gasteiger partial charge in [0.05, 0.1) is 11.5 Å². The molecule has 0 radical (unpaired) electrons. The van der Waals surface area contributed by atoms with Gasteiger partial charge in [-0.15, -0.1) is 0 Å². The summed E-state index contributed by atoms with van der Waals surface area (Å²) in [6.07, 6.45) is 4.80. The lowest BCUT2D eigenvalue weighted by Crippen LogP contribution is -2.39. The maximum absolute atomic E-state index is 13.0. The normalized spacial score (nSPS) is 18.4. The van der Waals surface area contributed by atoms with E-state index in [4.69, 9.17) is 0 Å². The Morgan fingerprint density at radius 1 is 1.07 bits per heavy atom. The Morgan fingerprint density at radius 3 is 2.29 bits per heavy atom. The number of benzene rings is 2. The molecular formula is C23H27NO3S. The first-order valence-electron chi connectivity index (χ1n) is 9.70. The van der Waals surface area contributed by atoms with E-state index in [1.807, 2.05) is 43.3 Å². The van der Waals surface area contributed by atoms with Crippen LogP contribution in [-0.4, -0.2) is 36.8 Å². The number of aryl methyl sites for hydroxylation is 2. The lowest BCUT2D eigenvalue weighted by Gasteiger charge is -2.27. The van der Waals surface area contributed by atoms with Gasteiger partial charge in [-0.2, -0.15) is 0 Å². The third-order valence-electron chi connectivity index (χ3n) is 5.21. The monoisotopic (exact) mass is 397 g/mol. The van der Waals surface area contributed by atoms with Gasteiger partial charge in [0.1, 0.15) is 0 Å².